The quantitative estimate of drug-likeness (QED) is 0.693. The minimum absolute atomic E-state index is 0.685. The minimum atomic E-state index is 0.685. The highest BCUT2D eigenvalue weighted by molar-refractivity contribution is 5.53. The Morgan fingerprint density at radius 1 is 1.47 bits per heavy atom. The molecule has 1 N–H and O–H groups in total. The average Bonchev–Trinajstić information content (AvgIpc) is 3.26. The number of hydrogen-bond acceptors (Lipinski definition) is 4. The van der Waals surface area contributed by atoms with Gasteiger partial charge in [0, 0.05) is 32.4 Å². The van der Waals surface area contributed by atoms with Crippen LogP contribution in [-0.2, 0) is 11.3 Å². The molecule has 1 saturated carbocycles. The van der Waals surface area contributed by atoms with Gasteiger partial charge in [-0.25, -0.2) is 0 Å². The SMILES string of the molecule is CCCNCc1ccncc1N(CCOC)C1CC1. The molecule has 1 aromatic rings. The Balaban J connectivity index is 2.06. The van der Waals surface area contributed by atoms with Crippen LogP contribution in [0.15, 0.2) is 18.5 Å². The molecule has 0 unspecified atom stereocenters. The molecule has 0 saturated heterocycles. The van der Waals surface area contributed by atoms with Crippen molar-refractivity contribution in [2.75, 3.05) is 31.7 Å². The highest BCUT2D eigenvalue weighted by Gasteiger charge is 2.30. The van der Waals surface area contributed by atoms with E-state index in [1.807, 2.05) is 12.4 Å². The summed E-state index contributed by atoms with van der Waals surface area (Å²) in [6.45, 7) is 5.89. The van der Waals surface area contributed by atoms with Crippen molar-refractivity contribution < 1.29 is 4.74 Å². The Kier molecular flexibility index (Phi) is 5.61. The lowest BCUT2D eigenvalue weighted by Gasteiger charge is -2.26. The lowest BCUT2D eigenvalue weighted by Crippen LogP contribution is -2.31. The third-order valence-electron chi connectivity index (χ3n) is 3.46. The molecule has 2 rings (SSSR count). The van der Waals surface area contributed by atoms with Crippen molar-refractivity contribution in [3.05, 3.63) is 24.0 Å². The maximum Gasteiger partial charge on any atom is 0.0637 e. The summed E-state index contributed by atoms with van der Waals surface area (Å²) in [5.74, 6) is 0. The fraction of sp³-hybridized carbons (Fsp3) is 0.667. The fourth-order valence-electron chi connectivity index (χ4n) is 2.30. The van der Waals surface area contributed by atoms with E-state index < -0.39 is 0 Å². The summed E-state index contributed by atoms with van der Waals surface area (Å²) in [6, 6.07) is 2.81. The summed E-state index contributed by atoms with van der Waals surface area (Å²) < 4.78 is 5.23. The van der Waals surface area contributed by atoms with Crippen LogP contribution in [0, 0.1) is 0 Å². The molecule has 0 amide bonds. The first-order valence-corrected chi connectivity index (χ1v) is 7.26. The molecule has 0 aromatic carbocycles. The van der Waals surface area contributed by atoms with Crippen molar-refractivity contribution in [3.63, 3.8) is 0 Å². The fourth-order valence-corrected chi connectivity index (χ4v) is 2.30. The van der Waals surface area contributed by atoms with Crippen molar-refractivity contribution in [2.24, 2.45) is 0 Å². The van der Waals surface area contributed by atoms with Gasteiger partial charge in [-0.15, -0.1) is 0 Å². The third-order valence-corrected chi connectivity index (χ3v) is 3.46. The van der Waals surface area contributed by atoms with Crippen molar-refractivity contribution in [1.82, 2.24) is 10.3 Å². The maximum atomic E-state index is 5.23. The molecule has 1 aliphatic carbocycles. The average molecular weight is 263 g/mol. The van der Waals surface area contributed by atoms with Crippen LogP contribution in [0.3, 0.4) is 0 Å². The Morgan fingerprint density at radius 3 is 3.00 bits per heavy atom. The van der Waals surface area contributed by atoms with Gasteiger partial charge < -0.3 is 15.0 Å². The molecule has 0 atom stereocenters. The zero-order chi connectivity index (χ0) is 13.5. The van der Waals surface area contributed by atoms with Crippen LogP contribution in [0.25, 0.3) is 0 Å². The zero-order valence-electron chi connectivity index (χ0n) is 12.1. The van der Waals surface area contributed by atoms with Gasteiger partial charge >= 0.3 is 0 Å². The smallest absolute Gasteiger partial charge is 0.0637 e. The molecule has 4 heteroatoms. The number of pyridine rings is 1. The Morgan fingerprint density at radius 2 is 2.32 bits per heavy atom. The standard InChI is InChI=1S/C15H25N3O/c1-3-7-16-11-13-6-8-17-12-15(13)18(9-10-19-2)14-4-5-14/h6,8,12,14,16H,3-5,7,9-11H2,1-2H3. The second kappa shape index (κ2) is 7.46. The molecule has 0 spiro atoms. The van der Waals surface area contributed by atoms with Crippen LogP contribution in [0.4, 0.5) is 5.69 Å². The molecule has 4 nitrogen and oxygen atoms in total. The van der Waals surface area contributed by atoms with Crippen molar-refractivity contribution >= 4 is 5.69 Å². The highest BCUT2D eigenvalue weighted by Crippen LogP contribution is 2.32. The van der Waals surface area contributed by atoms with E-state index in [2.05, 4.69) is 28.2 Å². The number of nitrogens with zero attached hydrogens (tertiary/aromatic N) is 2. The Bertz CT molecular complexity index is 379. The van der Waals surface area contributed by atoms with Gasteiger partial charge in [-0.2, -0.15) is 0 Å². The number of ether oxygens (including phenoxy) is 1. The van der Waals surface area contributed by atoms with Crippen LogP contribution < -0.4 is 10.2 Å². The van der Waals surface area contributed by atoms with Crippen LogP contribution in [0.1, 0.15) is 31.7 Å². The molecular weight excluding hydrogens is 238 g/mol. The highest BCUT2D eigenvalue weighted by atomic mass is 16.5. The molecular formula is C15H25N3O. The molecule has 1 aromatic heterocycles. The van der Waals surface area contributed by atoms with E-state index in [1.165, 1.54) is 24.1 Å². The second-order valence-electron chi connectivity index (χ2n) is 5.10. The van der Waals surface area contributed by atoms with E-state index in [0.717, 1.165) is 32.7 Å². The van der Waals surface area contributed by atoms with E-state index >= 15 is 0 Å². The predicted octanol–water partition coefficient (Wildman–Crippen LogP) is 2.20. The summed E-state index contributed by atoms with van der Waals surface area (Å²) in [5.41, 5.74) is 2.61. The largest absolute Gasteiger partial charge is 0.383 e. The predicted molar refractivity (Wildman–Crippen MR) is 78.5 cm³/mol. The summed E-state index contributed by atoms with van der Waals surface area (Å²) >= 11 is 0. The van der Waals surface area contributed by atoms with Gasteiger partial charge in [0.25, 0.3) is 0 Å². The van der Waals surface area contributed by atoms with Crippen LogP contribution >= 0.6 is 0 Å². The number of rotatable bonds is 9. The van der Waals surface area contributed by atoms with E-state index in [1.54, 1.807) is 7.11 Å². The summed E-state index contributed by atoms with van der Waals surface area (Å²) in [7, 11) is 1.76. The van der Waals surface area contributed by atoms with Crippen molar-refractivity contribution in [1.29, 1.82) is 0 Å². The van der Waals surface area contributed by atoms with Crippen LogP contribution in [-0.4, -0.2) is 37.8 Å². The Hall–Kier alpha value is -1.13. The van der Waals surface area contributed by atoms with Gasteiger partial charge in [0.1, 0.15) is 0 Å². The molecule has 1 aliphatic rings. The summed E-state index contributed by atoms with van der Waals surface area (Å²) in [6.07, 6.45) is 7.63. The number of nitrogens with one attached hydrogen (secondary N) is 1. The molecule has 0 bridgehead atoms. The van der Waals surface area contributed by atoms with Gasteiger partial charge in [0.15, 0.2) is 0 Å². The summed E-state index contributed by atoms with van der Waals surface area (Å²) in [4.78, 5) is 6.76. The lowest BCUT2D eigenvalue weighted by atomic mass is 10.2. The molecule has 19 heavy (non-hydrogen) atoms. The molecule has 1 fully saturated rings. The number of anilines is 1. The Labute approximate surface area is 116 Å². The normalized spacial score (nSPS) is 14.6. The van der Waals surface area contributed by atoms with E-state index in [9.17, 15) is 0 Å². The topological polar surface area (TPSA) is 37.4 Å². The molecule has 0 aliphatic heterocycles. The monoisotopic (exact) mass is 263 g/mol. The van der Waals surface area contributed by atoms with Crippen molar-refractivity contribution in [2.45, 2.75) is 38.8 Å². The van der Waals surface area contributed by atoms with Crippen molar-refractivity contribution in [3.8, 4) is 0 Å². The van der Waals surface area contributed by atoms with E-state index in [-0.39, 0.29) is 0 Å². The second-order valence-corrected chi connectivity index (χ2v) is 5.10. The van der Waals surface area contributed by atoms with Gasteiger partial charge in [-0.05, 0) is 37.4 Å². The molecule has 0 radical (unpaired) electrons. The maximum absolute atomic E-state index is 5.23. The number of hydrogen-bond donors (Lipinski definition) is 1. The van der Waals surface area contributed by atoms with Gasteiger partial charge in [0.2, 0.25) is 0 Å². The first-order chi connectivity index (χ1) is 9.36. The van der Waals surface area contributed by atoms with Gasteiger partial charge in [0.05, 0.1) is 18.5 Å². The van der Waals surface area contributed by atoms with Crippen LogP contribution in [0.5, 0.6) is 0 Å². The first-order valence-electron chi connectivity index (χ1n) is 7.26. The van der Waals surface area contributed by atoms with E-state index in [0.29, 0.717) is 6.04 Å². The van der Waals surface area contributed by atoms with Gasteiger partial charge in [-0.1, -0.05) is 6.92 Å². The summed E-state index contributed by atoms with van der Waals surface area (Å²) in [5, 5.41) is 3.48. The number of methoxy groups -OCH3 is 1. The number of aromatic nitrogens is 1. The third kappa shape index (κ3) is 4.18. The first kappa shape index (κ1) is 14.3. The lowest BCUT2D eigenvalue weighted by molar-refractivity contribution is 0.205. The molecule has 1 heterocycles. The van der Waals surface area contributed by atoms with Gasteiger partial charge in [-0.3, -0.25) is 4.98 Å². The van der Waals surface area contributed by atoms with Crippen LogP contribution in [0.2, 0.25) is 0 Å². The minimum Gasteiger partial charge on any atom is -0.383 e. The zero-order valence-corrected chi connectivity index (χ0v) is 12.1. The van der Waals surface area contributed by atoms with E-state index in [4.69, 9.17) is 4.74 Å². The molecule has 106 valence electrons.